The van der Waals surface area contributed by atoms with E-state index in [9.17, 15) is 18.0 Å². The second-order valence-electron chi connectivity index (χ2n) is 8.98. The third kappa shape index (κ3) is 8.42. The SMILES string of the molecule is O=C(/C=C/c1ccccc1N1CCC(NS(=O)(=O)Sc2ccc(CNC(=O)c3ccccc3)cc2)CC1)NO. The highest BCUT2D eigenvalue weighted by Gasteiger charge is 2.25. The molecule has 4 N–H and O–H groups in total. The summed E-state index contributed by atoms with van der Waals surface area (Å²) in [6.07, 6.45) is 4.16. The van der Waals surface area contributed by atoms with Crippen LogP contribution in [0.2, 0.25) is 0 Å². The molecule has 1 saturated heterocycles. The molecule has 1 aliphatic heterocycles. The summed E-state index contributed by atoms with van der Waals surface area (Å²) in [5.41, 5.74) is 4.80. The molecule has 0 unspecified atom stereocenters. The van der Waals surface area contributed by atoms with Gasteiger partial charge in [-0.15, -0.1) is 0 Å². The topological polar surface area (TPSA) is 128 Å². The normalized spacial score (nSPS) is 14.3. The van der Waals surface area contributed by atoms with Gasteiger partial charge < -0.3 is 10.2 Å². The number of hydroxylamine groups is 1. The first-order valence-electron chi connectivity index (χ1n) is 12.4. The molecule has 0 bridgehead atoms. The molecule has 9 nitrogen and oxygen atoms in total. The highest BCUT2D eigenvalue weighted by atomic mass is 33.1. The van der Waals surface area contributed by atoms with Crippen LogP contribution >= 0.6 is 10.8 Å². The van der Waals surface area contributed by atoms with Crippen LogP contribution in [0.4, 0.5) is 5.69 Å². The number of benzene rings is 3. The van der Waals surface area contributed by atoms with Crippen molar-refractivity contribution in [2.24, 2.45) is 0 Å². The average Bonchev–Trinajstić information content (AvgIpc) is 2.96. The predicted molar refractivity (Wildman–Crippen MR) is 153 cm³/mol. The van der Waals surface area contributed by atoms with E-state index in [-0.39, 0.29) is 11.9 Å². The predicted octanol–water partition coefficient (Wildman–Crippen LogP) is 3.73. The summed E-state index contributed by atoms with van der Waals surface area (Å²) in [6.45, 7) is 1.65. The molecule has 0 aromatic heterocycles. The lowest BCUT2D eigenvalue weighted by Gasteiger charge is -2.34. The van der Waals surface area contributed by atoms with Crippen molar-refractivity contribution in [3.05, 3.63) is 102 Å². The van der Waals surface area contributed by atoms with Crippen molar-refractivity contribution in [2.75, 3.05) is 18.0 Å². The van der Waals surface area contributed by atoms with Gasteiger partial charge in [0.05, 0.1) is 0 Å². The smallest absolute Gasteiger partial charge is 0.269 e. The van der Waals surface area contributed by atoms with E-state index in [0.29, 0.717) is 42.9 Å². The highest BCUT2D eigenvalue weighted by molar-refractivity contribution is 8.71. The second-order valence-corrected chi connectivity index (χ2v) is 12.6. The molecule has 0 saturated carbocycles. The average molecular weight is 567 g/mol. The van der Waals surface area contributed by atoms with Gasteiger partial charge in [-0.05, 0) is 60.4 Å². The number of anilines is 1. The van der Waals surface area contributed by atoms with E-state index >= 15 is 0 Å². The van der Waals surface area contributed by atoms with E-state index in [4.69, 9.17) is 5.21 Å². The number of hydrogen-bond acceptors (Lipinski definition) is 7. The Kier molecular flexibility index (Phi) is 9.77. The molecule has 0 radical (unpaired) electrons. The molecule has 0 aliphatic carbocycles. The van der Waals surface area contributed by atoms with E-state index in [1.165, 1.54) is 6.08 Å². The van der Waals surface area contributed by atoms with Crippen LogP contribution in [-0.4, -0.2) is 44.6 Å². The molecule has 3 aromatic carbocycles. The molecule has 1 fully saturated rings. The summed E-state index contributed by atoms with van der Waals surface area (Å²) in [5, 5.41) is 11.6. The summed E-state index contributed by atoms with van der Waals surface area (Å²) >= 11 is 0. The second kappa shape index (κ2) is 13.4. The van der Waals surface area contributed by atoms with Crippen LogP contribution in [0.5, 0.6) is 0 Å². The zero-order chi connectivity index (χ0) is 27.7. The Morgan fingerprint density at radius 1 is 0.949 bits per heavy atom. The largest absolute Gasteiger partial charge is 0.371 e. The van der Waals surface area contributed by atoms with Crippen molar-refractivity contribution < 1.29 is 23.2 Å². The molecule has 204 valence electrons. The zero-order valence-electron chi connectivity index (χ0n) is 21.1. The van der Waals surface area contributed by atoms with Gasteiger partial charge in [-0.3, -0.25) is 14.8 Å². The highest BCUT2D eigenvalue weighted by Crippen LogP contribution is 2.28. The quantitative estimate of drug-likeness (QED) is 0.127. The molecule has 11 heteroatoms. The Hall–Kier alpha value is -3.64. The zero-order valence-corrected chi connectivity index (χ0v) is 22.8. The van der Waals surface area contributed by atoms with Gasteiger partial charge in [0, 0.05) is 58.7 Å². The Bertz CT molecular complexity index is 1410. The van der Waals surface area contributed by atoms with E-state index in [0.717, 1.165) is 27.6 Å². The van der Waals surface area contributed by atoms with Crippen LogP contribution in [0.25, 0.3) is 6.08 Å². The van der Waals surface area contributed by atoms with Gasteiger partial charge in [0.15, 0.2) is 0 Å². The minimum absolute atomic E-state index is 0.166. The van der Waals surface area contributed by atoms with Crippen molar-refractivity contribution in [3.8, 4) is 0 Å². The Morgan fingerprint density at radius 2 is 1.62 bits per heavy atom. The van der Waals surface area contributed by atoms with E-state index < -0.39 is 15.0 Å². The van der Waals surface area contributed by atoms with E-state index in [2.05, 4.69) is 14.9 Å². The molecule has 39 heavy (non-hydrogen) atoms. The number of piperidine rings is 1. The third-order valence-corrected chi connectivity index (χ3v) is 9.06. The monoisotopic (exact) mass is 566 g/mol. The lowest BCUT2D eigenvalue weighted by atomic mass is 10.0. The van der Waals surface area contributed by atoms with Crippen LogP contribution in [0, 0.1) is 0 Å². The lowest BCUT2D eigenvalue weighted by Crippen LogP contribution is -2.44. The van der Waals surface area contributed by atoms with Gasteiger partial charge in [0.2, 0.25) is 0 Å². The molecule has 1 heterocycles. The van der Waals surface area contributed by atoms with Gasteiger partial charge in [0.25, 0.3) is 20.9 Å². The van der Waals surface area contributed by atoms with Crippen molar-refractivity contribution in [1.29, 1.82) is 0 Å². The number of amides is 2. The number of carbonyl (C=O) groups is 2. The minimum atomic E-state index is -3.62. The van der Waals surface area contributed by atoms with Gasteiger partial charge in [0.1, 0.15) is 0 Å². The van der Waals surface area contributed by atoms with Gasteiger partial charge in [-0.1, -0.05) is 48.5 Å². The molecule has 1 aliphatic rings. The van der Waals surface area contributed by atoms with Crippen LogP contribution in [0.15, 0.2) is 89.8 Å². The molecule has 2 amide bonds. The number of nitrogens with zero attached hydrogens (tertiary/aromatic N) is 1. The Balaban J connectivity index is 1.27. The number of carbonyl (C=O) groups excluding carboxylic acids is 2. The summed E-state index contributed by atoms with van der Waals surface area (Å²) in [6, 6.07) is 23.4. The van der Waals surface area contributed by atoms with Crippen molar-refractivity contribution in [1.82, 2.24) is 15.5 Å². The summed E-state index contributed by atoms with van der Waals surface area (Å²) in [7, 11) is -2.85. The molecular weight excluding hydrogens is 536 g/mol. The summed E-state index contributed by atoms with van der Waals surface area (Å²) in [5.74, 6) is -0.777. The first-order chi connectivity index (χ1) is 18.8. The number of rotatable bonds is 10. The molecule has 4 rings (SSSR count). The fraction of sp³-hybridized carbons (Fsp3) is 0.214. The fourth-order valence-electron chi connectivity index (χ4n) is 4.25. The number of hydrogen-bond donors (Lipinski definition) is 4. The number of para-hydroxylation sites is 1. The lowest BCUT2D eigenvalue weighted by molar-refractivity contribution is -0.124. The summed E-state index contributed by atoms with van der Waals surface area (Å²) in [4.78, 5) is 26.3. The molecular formula is C28H30N4O5S2. The molecule has 3 aromatic rings. The van der Waals surface area contributed by atoms with Crippen LogP contribution < -0.4 is 20.4 Å². The van der Waals surface area contributed by atoms with Crippen LogP contribution in [0.1, 0.15) is 34.3 Å². The number of nitrogens with one attached hydrogen (secondary N) is 3. The maximum absolute atomic E-state index is 12.8. The Labute approximate surface area is 231 Å². The minimum Gasteiger partial charge on any atom is -0.371 e. The molecule has 0 spiro atoms. The summed E-state index contributed by atoms with van der Waals surface area (Å²) < 4.78 is 28.5. The fourth-order valence-corrected chi connectivity index (χ4v) is 7.09. The first-order valence-corrected chi connectivity index (χ1v) is 15.2. The first kappa shape index (κ1) is 28.4. The van der Waals surface area contributed by atoms with Crippen molar-refractivity contribution >= 4 is 43.4 Å². The standard InChI is InChI=1S/C28H30N4O5S2/c33-27(30-35)15-12-22-6-4-5-9-26(22)32-18-16-24(17-19-32)31-39(36,37)38-25-13-10-21(11-14-25)20-29-28(34)23-7-2-1-3-8-23/h1-15,24,31,35H,16-20H2,(H,29,34)(H,30,33)/b15-12+. The van der Waals surface area contributed by atoms with Crippen LogP contribution in [0.3, 0.4) is 0 Å². The Morgan fingerprint density at radius 3 is 2.31 bits per heavy atom. The van der Waals surface area contributed by atoms with Gasteiger partial charge in [-0.25, -0.2) is 18.6 Å². The van der Waals surface area contributed by atoms with Gasteiger partial charge >= 0.3 is 0 Å². The van der Waals surface area contributed by atoms with Crippen molar-refractivity contribution in [2.45, 2.75) is 30.3 Å². The van der Waals surface area contributed by atoms with Crippen LogP contribution in [-0.2, 0) is 20.4 Å². The molecule has 0 atom stereocenters. The van der Waals surface area contributed by atoms with E-state index in [1.54, 1.807) is 60.1 Å². The maximum atomic E-state index is 12.8. The van der Waals surface area contributed by atoms with E-state index in [1.807, 2.05) is 30.3 Å². The van der Waals surface area contributed by atoms with Crippen molar-refractivity contribution in [3.63, 3.8) is 0 Å². The van der Waals surface area contributed by atoms with Gasteiger partial charge in [-0.2, -0.15) is 0 Å². The maximum Gasteiger partial charge on any atom is 0.269 e. The third-order valence-electron chi connectivity index (χ3n) is 6.23.